The minimum Gasteiger partial charge on any atom is -0.474 e. The summed E-state index contributed by atoms with van der Waals surface area (Å²) in [6, 6.07) is 8.69. The van der Waals surface area contributed by atoms with Crippen molar-refractivity contribution in [1.82, 2.24) is 14.9 Å². The van der Waals surface area contributed by atoms with E-state index in [4.69, 9.17) is 4.74 Å². The highest BCUT2D eigenvalue weighted by Crippen LogP contribution is 2.23. The first-order valence-electron chi connectivity index (χ1n) is 8.74. The quantitative estimate of drug-likeness (QED) is 0.838. The fourth-order valence-corrected chi connectivity index (χ4v) is 2.96. The van der Waals surface area contributed by atoms with Crippen molar-refractivity contribution in [2.45, 2.75) is 51.3 Å². The fraction of sp³-hybridized carbons (Fsp3) is 0.421. The smallest absolute Gasteiger partial charge is 0.250 e. The summed E-state index contributed by atoms with van der Waals surface area (Å²) in [6.07, 6.45) is 8.51. The lowest BCUT2D eigenvalue weighted by molar-refractivity contribution is -0.121. The molecule has 0 unspecified atom stereocenters. The number of aromatic nitrogens is 2. The van der Waals surface area contributed by atoms with E-state index in [9.17, 15) is 9.59 Å². The highest BCUT2D eigenvalue weighted by Gasteiger charge is 2.17. The van der Waals surface area contributed by atoms with Gasteiger partial charge in [0.05, 0.1) is 0 Å². The van der Waals surface area contributed by atoms with Crippen LogP contribution in [0.15, 0.2) is 47.5 Å². The summed E-state index contributed by atoms with van der Waals surface area (Å²) >= 11 is 0. The van der Waals surface area contributed by atoms with E-state index in [-0.39, 0.29) is 24.0 Å². The number of ether oxygens (including phenoxy) is 1. The second-order valence-electron chi connectivity index (χ2n) is 6.29. The van der Waals surface area contributed by atoms with Crippen LogP contribution in [0.4, 0.5) is 0 Å². The summed E-state index contributed by atoms with van der Waals surface area (Å²) in [4.78, 5) is 27.8. The van der Waals surface area contributed by atoms with Crippen LogP contribution >= 0.6 is 0 Å². The Bertz CT molecular complexity index is 766. The van der Waals surface area contributed by atoms with Crippen LogP contribution < -0.4 is 15.6 Å². The van der Waals surface area contributed by atoms with Gasteiger partial charge < -0.3 is 14.6 Å². The third-order valence-corrected chi connectivity index (χ3v) is 4.36. The van der Waals surface area contributed by atoms with Gasteiger partial charge in [0.1, 0.15) is 6.10 Å². The van der Waals surface area contributed by atoms with Crippen molar-refractivity contribution in [3.8, 4) is 5.88 Å². The van der Waals surface area contributed by atoms with Crippen LogP contribution in [-0.2, 0) is 17.9 Å². The lowest BCUT2D eigenvalue weighted by Gasteiger charge is -2.13. The number of pyridine rings is 2. The Balaban J connectivity index is 1.46. The van der Waals surface area contributed by atoms with Gasteiger partial charge in [-0.3, -0.25) is 9.59 Å². The first-order valence-corrected chi connectivity index (χ1v) is 8.74. The van der Waals surface area contributed by atoms with Crippen LogP contribution in [0.2, 0.25) is 0 Å². The number of aryl methyl sites for hydroxylation is 1. The molecule has 6 nitrogen and oxygen atoms in total. The molecule has 3 rings (SSSR count). The summed E-state index contributed by atoms with van der Waals surface area (Å²) in [5, 5.41) is 2.87. The molecule has 25 heavy (non-hydrogen) atoms. The van der Waals surface area contributed by atoms with Gasteiger partial charge in [-0.05, 0) is 43.4 Å². The van der Waals surface area contributed by atoms with Crippen molar-refractivity contribution in [2.75, 3.05) is 0 Å². The van der Waals surface area contributed by atoms with Crippen molar-refractivity contribution >= 4 is 5.91 Å². The van der Waals surface area contributed by atoms with Crippen LogP contribution in [-0.4, -0.2) is 21.6 Å². The molecular formula is C19H23N3O3. The molecule has 2 aromatic heterocycles. The molecule has 1 amide bonds. The zero-order valence-electron chi connectivity index (χ0n) is 14.2. The van der Waals surface area contributed by atoms with Crippen LogP contribution in [0.5, 0.6) is 5.88 Å². The van der Waals surface area contributed by atoms with Crippen molar-refractivity contribution < 1.29 is 9.53 Å². The second-order valence-corrected chi connectivity index (χ2v) is 6.29. The highest BCUT2D eigenvalue weighted by molar-refractivity contribution is 5.75. The third kappa shape index (κ3) is 5.17. The van der Waals surface area contributed by atoms with E-state index in [1.54, 1.807) is 24.5 Å². The van der Waals surface area contributed by atoms with Gasteiger partial charge in [-0.25, -0.2) is 4.98 Å². The third-order valence-electron chi connectivity index (χ3n) is 4.36. The predicted molar refractivity (Wildman–Crippen MR) is 94.3 cm³/mol. The normalized spacial score (nSPS) is 14.4. The second kappa shape index (κ2) is 8.46. The summed E-state index contributed by atoms with van der Waals surface area (Å²) < 4.78 is 7.41. The number of nitrogens with zero attached hydrogens (tertiary/aromatic N) is 2. The maximum Gasteiger partial charge on any atom is 0.250 e. The van der Waals surface area contributed by atoms with Crippen molar-refractivity contribution in [2.24, 2.45) is 0 Å². The summed E-state index contributed by atoms with van der Waals surface area (Å²) in [5.74, 6) is 0.528. The number of nitrogens with one attached hydrogen (secondary N) is 1. The van der Waals surface area contributed by atoms with E-state index in [0.717, 1.165) is 18.4 Å². The molecule has 1 N–H and O–H groups in total. The van der Waals surface area contributed by atoms with Gasteiger partial charge >= 0.3 is 0 Å². The molecule has 6 heteroatoms. The lowest BCUT2D eigenvalue weighted by Crippen LogP contribution is -2.26. The standard InChI is InChI=1S/C19H23N3O3/c23-17(9-12-22-11-4-3-7-19(22)24)21-14-15-8-10-20-18(13-15)25-16-5-1-2-6-16/h3-4,7-8,10-11,13,16H,1-2,5-6,9,12,14H2,(H,21,23). The monoisotopic (exact) mass is 341 g/mol. The van der Waals surface area contributed by atoms with E-state index in [0.29, 0.717) is 19.0 Å². The maximum absolute atomic E-state index is 12.0. The molecule has 1 fully saturated rings. The van der Waals surface area contributed by atoms with Crippen LogP contribution in [0.1, 0.15) is 37.7 Å². The first-order chi connectivity index (χ1) is 12.2. The average Bonchev–Trinajstić information content (AvgIpc) is 3.12. The minimum atomic E-state index is -0.0989. The molecule has 1 aliphatic carbocycles. The predicted octanol–water partition coefficient (Wildman–Crippen LogP) is 2.27. The Labute approximate surface area is 146 Å². The Hall–Kier alpha value is -2.63. The molecule has 1 saturated carbocycles. The minimum absolute atomic E-state index is 0.0918. The molecule has 0 bridgehead atoms. The Morgan fingerprint density at radius 1 is 1.28 bits per heavy atom. The van der Waals surface area contributed by atoms with Crippen LogP contribution in [0, 0.1) is 0 Å². The summed E-state index contributed by atoms with van der Waals surface area (Å²) in [6.45, 7) is 0.796. The average molecular weight is 341 g/mol. The largest absolute Gasteiger partial charge is 0.474 e. The number of rotatable bonds is 7. The van der Waals surface area contributed by atoms with Crippen LogP contribution in [0.25, 0.3) is 0 Å². The van der Waals surface area contributed by atoms with Gasteiger partial charge in [-0.2, -0.15) is 0 Å². The fourth-order valence-electron chi connectivity index (χ4n) is 2.96. The zero-order chi connectivity index (χ0) is 17.5. The van der Waals surface area contributed by atoms with E-state index >= 15 is 0 Å². The molecular weight excluding hydrogens is 318 g/mol. The number of carbonyl (C=O) groups excluding carboxylic acids is 1. The van der Waals surface area contributed by atoms with Crippen LogP contribution in [0.3, 0.4) is 0 Å². The molecule has 0 spiro atoms. The van der Waals surface area contributed by atoms with Gasteiger partial charge in [0, 0.05) is 44.0 Å². The van der Waals surface area contributed by atoms with Crippen molar-refractivity contribution in [1.29, 1.82) is 0 Å². The first kappa shape index (κ1) is 17.2. The van der Waals surface area contributed by atoms with Gasteiger partial charge in [0.2, 0.25) is 11.8 Å². The van der Waals surface area contributed by atoms with Crippen molar-refractivity contribution in [3.05, 3.63) is 58.6 Å². The maximum atomic E-state index is 12.0. The van der Waals surface area contributed by atoms with E-state index in [2.05, 4.69) is 10.3 Å². The SMILES string of the molecule is O=C(CCn1ccccc1=O)NCc1ccnc(OC2CCCC2)c1. The van der Waals surface area contributed by atoms with Gasteiger partial charge in [0.25, 0.3) is 5.56 Å². The highest BCUT2D eigenvalue weighted by atomic mass is 16.5. The molecule has 0 aromatic carbocycles. The molecule has 2 aromatic rings. The van der Waals surface area contributed by atoms with Gasteiger partial charge in [-0.1, -0.05) is 6.07 Å². The van der Waals surface area contributed by atoms with E-state index in [1.165, 1.54) is 23.5 Å². The molecule has 1 aliphatic rings. The number of amides is 1. The zero-order valence-corrected chi connectivity index (χ0v) is 14.2. The topological polar surface area (TPSA) is 73.2 Å². The van der Waals surface area contributed by atoms with E-state index < -0.39 is 0 Å². The lowest BCUT2D eigenvalue weighted by atomic mass is 10.2. The number of hydrogen-bond acceptors (Lipinski definition) is 4. The number of hydrogen-bond donors (Lipinski definition) is 1. The molecule has 0 aliphatic heterocycles. The van der Waals surface area contributed by atoms with Gasteiger partial charge in [-0.15, -0.1) is 0 Å². The molecule has 0 radical (unpaired) electrons. The Morgan fingerprint density at radius 3 is 2.92 bits per heavy atom. The molecule has 2 heterocycles. The summed E-state index contributed by atoms with van der Waals surface area (Å²) in [5.41, 5.74) is 0.853. The Morgan fingerprint density at radius 2 is 2.12 bits per heavy atom. The van der Waals surface area contributed by atoms with Gasteiger partial charge in [0.15, 0.2) is 0 Å². The Kier molecular flexibility index (Phi) is 5.82. The number of carbonyl (C=O) groups is 1. The summed E-state index contributed by atoms with van der Waals surface area (Å²) in [7, 11) is 0. The van der Waals surface area contributed by atoms with Crippen molar-refractivity contribution in [3.63, 3.8) is 0 Å². The molecule has 132 valence electrons. The molecule has 0 atom stereocenters. The van der Waals surface area contributed by atoms with E-state index in [1.807, 2.05) is 12.1 Å². The molecule has 0 saturated heterocycles.